The number of rotatable bonds is 5. The van der Waals surface area contributed by atoms with Crippen molar-refractivity contribution >= 4 is 22.2 Å². The van der Waals surface area contributed by atoms with E-state index in [1.165, 1.54) is 0 Å². The number of thiazole rings is 1. The van der Waals surface area contributed by atoms with Gasteiger partial charge in [0.1, 0.15) is 5.75 Å². The van der Waals surface area contributed by atoms with Gasteiger partial charge in [0, 0.05) is 29.8 Å². The molecule has 0 saturated carbocycles. The number of methoxy groups -OCH3 is 1. The molecule has 1 aliphatic heterocycles. The summed E-state index contributed by atoms with van der Waals surface area (Å²) in [4.78, 5) is 9.22. The van der Waals surface area contributed by atoms with Gasteiger partial charge in [-0.1, -0.05) is 36.4 Å². The predicted octanol–water partition coefficient (Wildman–Crippen LogP) is 5.57. The van der Waals surface area contributed by atoms with Crippen LogP contribution in [-0.4, -0.2) is 22.8 Å². The largest absolute Gasteiger partial charge is 0.497 e. The lowest BCUT2D eigenvalue weighted by molar-refractivity contribution is 0.415. The van der Waals surface area contributed by atoms with Crippen molar-refractivity contribution < 1.29 is 4.74 Å². The second-order valence-corrected chi connectivity index (χ2v) is 7.84. The van der Waals surface area contributed by atoms with E-state index in [0.717, 1.165) is 45.4 Å². The van der Waals surface area contributed by atoms with E-state index in [0.29, 0.717) is 0 Å². The van der Waals surface area contributed by atoms with Crippen LogP contribution in [0.1, 0.15) is 23.6 Å². The Morgan fingerprint density at radius 1 is 0.967 bits per heavy atom. The highest BCUT2D eigenvalue weighted by Crippen LogP contribution is 2.39. The summed E-state index contributed by atoms with van der Waals surface area (Å²) in [6.07, 6.45) is 4.53. The standard InChI is InChI=1S/C24H20N4OS/c1-29-20-11-9-18(10-12-20)22-16-30-24(26-22)28-23(19-8-5-13-25-15-19)14-21(27-28)17-6-3-2-4-7-17/h2-13,15-16,23H,14H2,1H3. The SMILES string of the molecule is COc1ccc(-c2csc(N3N=C(c4ccccc4)CC3c3cccnc3)n2)cc1. The van der Waals surface area contributed by atoms with Crippen molar-refractivity contribution in [2.24, 2.45) is 5.10 Å². The Morgan fingerprint density at radius 2 is 1.80 bits per heavy atom. The zero-order valence-electron chi connectivity index (χ0n) is 16.5. The van der Waals surface area contributed by atoms with Crippen molar-refractivity contribution in [2.75, 3.05) is 12.1 Å². The summed E-state index contributed by atoms with van der Waals surface area (Å²) in [6, 6.07) is 22.4. The molecule has 1 aliphatic rings. The van der Waals surface area contributed by atoms with Gasteiger partial charge in [-0.3, -0.25) is 4.98 Å². The van der Waals surface area contributed by atoms with Crippen LogP contribution < -0.4 is 9.75 Å². The molecule has 2 aromatic heterocycles. The van der Waals surface area contributed by atoms with Crippen LogP contribution >= 0.6 is 11.3 Å². The zero-order chi connectivity index (χ0) is 20.3. The number of hydrazone groups is 1. The third-order valence-electron chi connectivity index (χ3n) is 5.16. The Hall–Kier alpha value is -3.51. The van der Waals surface area contributed by atoms with Crippen LogP contribution in [-0.2, 0) is 0 Å². The third kappa shape index (κ3) is 3.57. The molecule has 0 N–H and O–H groups in total. The first-order chi connectivity index (χ1) is 14.8. The van der Waals surface area contributed by atoms with Gasteiger partial charge in [-0.15, -0.1) is 11.3 Å². The molecular formula is C24H20N4OS. The van der Waals surface area contributed by atoms with Gasteiger partial charge < -0.3 is 4.74 Å². The number of hydrogen-bond donors (Lipinski definition) is 0. The highest BCUT2D eigenvalue weighted by atomic mass is 32.1. The van der Waals surface area contributed by atoms with E-state index in [1.54, 1.807) is 24.6 Å². The first-order valence-corrected chi connectivity index (χ1v) is 10.6. The van der Waals surface area contributed by atoms with E-state index in [2.05, 4.69) is 28.6 Å². The monoisotopic (exact) mass is 412 g/mol. The van der Waals surface area contributed by atoms with E-state index in [4.69, 9.17) is 14.8 Å². The lowest BCUT2D eigenvalue weighted by Crippen LogP contribution is -2.18. The number of anilines is 1. The maximum atomic E-state index is 5.26. The molecule has 0 saturated heterocycles. The van der Waals surface area contributed by atoms with Crippen LogP contribution in [0.5, 0.6) is 5.75 Å². The van der Waals surface area contributed by atoms with Gasteiger partial charge in [0.2, 0.25) is 5.13 Å². The summed E-state index contributed by atoms with van der Waals surface area (Å²) < 4.78 is 5.26. The summed E-state index contributed by atoms with van der Waals surface area (Å²) in [7, 11) is 1.67. The fourth-order valence-electron chi connectivity index (χ4n) is 3.59. The molecule has 148 valence electrons. The van der Waals surface area contributed by atoms with Gasteiger partial charge in [-0.05, 0) is 41.5 Å². The van der Waals surface area contributed by atoms with Crippen molar-refractivity contribution in [3.8, 4) is 17.0 Å². The molecule has 0 spiro atoms. The molecule has 6 heteroatoms. The van der Waals surface area contributed by atoms with Gasteiger partial charge >= 0.3 is 0 Å². The fourth-order valence-corrected chi connectivity index (χ4v) is 4.42. The van der Waals surface area contributed by atoms with Crippen molar-refractivity contribution in [2.45, 2.75) is 12.5 Å². The second-order valence-electron chi connectivity index (χ2n) is 7.01. The Kier molecular flexibility index (Phi) is 4.99. The lowest BCUT2D eigenvalue weighted by atomic mass is 10.00. The van der Waals surface area contributed by atoms with Gasteiger partial charge in [0.15, 0.2) is 0 Å². The third-order valence-corrected chi connectivity index (χ3v) is 5.99. The molecule has 5 rings (SSSR count). The molecule has 0 radical (unpaired) electrons. The normalized spacial score (nSPS) is 15.8. The highest BCUT2D eigenvalue weighted by Gasteiger charge is 2.31. The Bertz CT molecular complexity index is 1160. The smallest absolute Gasteiger partial charge is 0.207 e. The molecule has 0 fully saturated rings. The molecule has 2 aromatic carbocycles. The number of ether oxygens (including phenoxy) is 1. The van der Waals surface area contributed by atoms with Crippen LogP contribution in [0.3, 0.4) is 0 Å². The Morgan fingerprint density at radius 3 is 2.53 bits per heavy atom. The van der Waals surface area contributed by atoms with Crippen molar-refractivity contribution in [3.05, 3.63) is 95.6 Å². The van der Waals surface area contributed by atoms with Crippen molar-refractivity contribution in [1.82, 2.24) is 9.97 Å². The number of benzene rings is 2. The minimum absolute atomic E-state index is 0.0729. The number of aromatic nitrogens is 2. The van der Waals surface area contributed by atoms with E-state index >= 15 is 0 Å². The first kappa shape index (κ1) is 18.5. The summed E-state index contributed by atoms with van der Waals surface area (Å²) >= 11 is 1.60. The van der Waals surface area contributed by atoms with Crippen LogP contribution in [0.4, 0.5) is 5.13 Å². The molecule has 3 heterocycles. The molecule has 1 atom stereocenters. The number of hydrogen-bond acceptors (Lipinski definition) is 6. The number of pyridine rings is 1. The van der Waals surface area contributed by atoms with Crippen molar-refractivity contribution in [3.63, 3.8) is 0 Å². The van der Waals surface area contributed by atoms with Crippen LogP contribution in [0, 0.1) is 0 Å². The minimum Gasteiger partial charge on any atom is -0.497 e. The second kappa shape index (κ2) is 8.08. The molecule has 4 aromatic rings. The molecular weight excluding hydrogens is 392 g/mol. The van der Waals surface area contributed by atoms with Gasteiger partial charge in [-0.2, -0.15) is 5.10 Å². The average Bonchev–Trinajstić information content (AvgIpc) is 3.48. The molecule has 30 heavy (non-hydrogen) atoms. The van der Waals surface area contributed by atoms with Crippen LogP contribution in [0.2, 0.25) is 0 Å². The summed E-state index contributed by atoms with van der Waals surface area (Å²) in [5, 5.41) is 9.96. The maximum Gasteiger partial charge on any atom is 0.207 e. The predicted molar refractivity (Wildman–Crippen MR) is 121 cm³/mol. The summed E-state index contributed by atoms with van der Waals surface area (Å²) in [5.41, 5.74) is 5.33. The highest BCUT2D eigenvalue weighted by molar-refractivity contribution is 7.14. The van der Waals surface area contributed by atoms with Crippen LogP contribution in [0.15, 0.2) is 89.6 Å². The zero-order valence-corrected chi connectivity index (χ0v) is 17.3. The molecule has 5 nitrogen and oxygen atoms in total. The lowest BCUT2D eigenvalue weighted by Gasteiger charge is -2.20. The summed E-state index contributed by atoms with van der Waals surface area (Å²) in [6.45, 7) is 0. The van der Waals surface area contributed by atoms with Crippen LogP contribution in [0.25, 0.3) is 11.3 Å². The quantitative estimate of drug-likeness (QED) is 0.430. The Balaban J connectivity index is 1.51. The molecule has 0 amide bonds. The van der Waals surface area contributed by atoms with Gasteiger partial charge in [0.05, 0.1) is 24.6 Å². The van der Waals surface area contributed by atoms with Crippen molar-refractivity contribution in [1.29, 1.82) is 0 Å². The maximum absolute atomic E-state index is 5.26. The summed E-state index contributed by atoms with van der Waals surface area (Å²) in [5.74, 6) is 0.836. The Labute approximate surface area is 179 Å². The van der Waals surface area contributed by atoms with Gasteiger partial charge in [-0.25, -0.2) is 9.99 Å². The minimum atomic E-state index is 0.0729. The average molecular weight is 413 g/mol. The van der Waals surface area contributed by atoms with E-state index in [-0.39, 0.29) is 6.04 Å². The number of nitrogens with zero attached hydrogens (tertiary/aromatic N) is 4. The van der Waals surface area contributed by atoms with Gasteiger partial charge in [0.25, 0.3) is 0 Å². The fraction of sp³-hybridized carbons (Fsp3) is 0.125. The van der Waals surface area contributed by atoms with E-state index < -0.39 is 0 Å². The van der Waals surface area contributed by atoms with E-state index in [9.17, 15) is 0 Å². The molecule has 0 bridgehead atoms. The molecule has 1 unspecified atom stereocenters. The first-order valence-electron chi connectivity index (χ1n) is 9.74. The van der Waals surface area contributed by atoms with E-state index in [1.807, 2.05) is 59.7 Å². The topological polar surface area (TPSA) is 50.6 Å². The molecule has 0 aliphatic carbocycles.